The average Bonchev–Trinajstić information content (AvgIpc) is 2.90. The largest absolute Gasteiger partial charge is 0.333 e. The maximum Gasteiger partial charge on any atom is 0.276 e. The molecule has 1 aromatic rings. The Balaban J connectivity index is 1.84. The minimum absolute atomic E-state index is 0.0990. The van der Waals surface area contributed by atoms with E-state index >= 15 is 0 Å². The first-order chi connectivity index (χ1) is 10.0. The highest BCUT2D eigenvalue weighted by molar-refractivity contribution is 5.78. The second-order valence-electron chi connectivity index (χ2n) is 5.89. The van der Waals surface area contributed by atoms with E-state index in [1.54, 1.807) is 12.1 Å². The van der Waals surface area contributed by atoms with Crippen molar-refractivity contribution in [3.63, 3.8) is 0 Å². The van der Waals surface area contributed by atoms with E-state index < -0.39 is 5.54 Å². The van der Waals surface area contributed by atoms with E-state index in [1.165, 1.54) is 12.1 Å². The van der Waals surface area contributed by atoms with E-state index in [1.807, 2.05) is 7.05 Å². The van der Waals surface area contributed by atoms with Gasteiger partial charge in [-0.25, -0.2) is 4.39 Å². The molecule has 0 saturated heterocycles. The molecule has 1 saturated carbocycles. The summed E-state index contributed by atoms with van der Waals surface area (Å²) >= 11 is 0. The highest BCUT2D eigenvalue weighted by atomic mass is 19.1. The monoisotopic (exact) mass is 290 g/mol. The van der Waals surface area contributed by atoms with Gasteiger partial charge in [-0.1, -0.05) is 12.1 Å². The Morgan fingerprint density at radius 2 is 2.00 bits per heavy atom. The lowest BCUT2D eigenvalue weighted by molar-refractivity contribution is -0.885. The van der Waals surface area contributed by atoms with Crippen molar-refractivity contribution >= 4 is 5.91 Å². The first-order valence-corrected chi connectivity index (χ1v) is 7.31. The number of hydrogen-bond acceptors (Lipinski definition) is 2. The summed E-state index contributed by atoms with van der Waals surface area (Å²) in [5.74, 6) is -0.357. The summed E-state index contributed by atoms with van der Waals surface area (Å²) in [6.07, 6.45) is 3.47. The maximum atomic E-state index is 12.8. The van der Waals surface area contributed by atoms with Gasteiger partial charge in [0.1, 0.15) is 17.9 Å². The highest BCUT2D eigenvalue weighted by Gasteiger charge is 2.35. The van der Waals surface area contributed by atoms with Crippen molar-refractivity contribution in [2.75, 3.05) is 13.6 Å². The zero-order valence-electron chi connectivity index (χ0n) is 12.3. The molecule has 1 atom stereocenters. The molecule has 112 valence electrons. The van der Waals surface area contributed by atoms with E-state index in [0.29, 0.717) is 13.1 Å². The number of likely N-dealkylation sites (N-methyl/N-ethyl adjacent to an activating group) is 1. The molecule has 1 aliphatic rings. The van der Waals surface area contributed by atoms with Crippen molar-refractivity contribution in [2.24, 2.45) is 0 Å². The number of nitrogens with one attached hydrogen (secondary N) is 2. The van der Waals surface area contributed by atoms with Gasteiger partial charge in [0.25, 0.3) is 5.91 Å². The van der Waals surface area contributed by atoms with Crippen LogP contribution in [0.4, 0.5) is 4.39 Å². The molecule has 0 aromatic heterocycles. The molecule has 0 radical (unpaired) electrons. The van der Waals surface area contributed by atoms with Crippen LogP contribution in [0.1, 0.15) is 31.2 Å². The lowest BCUT2D eigenvalue weighted by Gasteiger charge is -2.23. The molecule has 4 nitrogen and oxygen atoms in total. The van der Waals surface area contributed by atoms with Crippen LogP contribution in [0.3, 0.4) is 0 Å². The third kappa shape index (κ3) is 4.27. The molecule has 0 aliphatic heterocycles. The minimum atomic E-state index is -0.659. The van der Waals surface area contributed by atoms with Gasteiger partial charge in [0.2, 0.25) is 0 Å². The number of hydrogen-bond donors (Lipinski definition) is 2. The van der Waals surface area contributed by atoms with E-state index in [0.717, 1.165) is 36.1 Å². The second-order valence-corrected chi connectivity index (χ2v) is 5.89. The van der Waals surface area contributed by atoms with Gasteiger partial charge in [0.15, 0.2) is 6.54 Å². The Hall–Kier alpha value is -1.93. The fraction of sp³-hybridized carbons (Fsp3) is 0.500. The number of quaternary nitrogens is 1. The molecule has 0 spiro atoms. The van der Waals surface area contributed by atoms with Gasteiger partial charge in [-0.05, 0) is 37.8 Å². The van der Waals surface area contributed by atoms with Gasteiger partial charge in [-0.3, -0.25) is 4.79 Å². The van der Waals surface area contributed by atoms with Crippen LogP contribution in [0.15, 0.2) is 24.3 Å². The molecule has 2 N–H and O–H groups in total. The number of rotatable bonds is 5. The van der Waals surface area contributed by atoms with Gasteiger partial charge in [-0.15, -0.1) is 0 Å². The summed E-state index contributed by atoms with van der Waals surface area (Å²) < 4.78 is 12.8. The molecular formula is C16H21FN3O+. The fourth-order valence-electron chi connectivity index (χ4n) is 2.84. The normalized spacial score (nSPS) is 18.0. The summed E-state index contributed by atoms with van der Waals surface area (Å²) in [6, 6.07) is 8.55. The van der Waals surface area contributed by atoms with Crippen LogP contribution in [-0.2, 0) is 11.3 Å². The van der Waals surface area contributed by atoms with Crippen molar-refractivity contribution < 1.29 is 14.1 Å². The van der Waals surface area contributed by atoms with Crippen LogP contribution in [0.25, 0.3) is 0 Å². The fourth-order valence-corrected chi connectivity index (χ4v) is 2.84. The number of amides is 1. The van der Waals surface area contributed by atoms with Crippen LogP contribution in [0.5, 0.6) is 0 Å². The highest BCUT2D eigenvalue weighted by Crippen LogP contribution is 2.28. The van der Waals surface area contributed by atoms with Crippen molar-refractivity contribution in [3.8, 4) is 6.07 Å². The Bertz CT molecular complexity index is 529. The van der Waals surface area contributed by atoms with Gasteiger partial charge in [0, 0.05) is 5.56 Å². The molecule has 5 heteroatoms. The van der Waals surface area contributed by atoms with Crippen LogP contribution >= 0.6 is 0 Å². The molecule has 1 amide bonds. The summed E-state index contributed by atoms with van der Waals surface area (Å²) in [6.45, 7) is 0.952. The first-order valence-electron chi connectivity index (χ1n) is 7.31. The number of halogens is 1. The van der Waals surface area contributed by atoms with Crippen molar-refractivity contribution in [1.82, 2.24) is 5.32 Å². The number of nitrogens with zero attached hydrogens (tertiary/aromatic N) is 1. The quantitative estimate of drug-likeness (QED) is 0.842. The summed E-state index contributed by atoms with van der Waals surface area (Å²) in [5.41, 5.74) is 0.324. The van der Waals surface area contributed by atoms with Crippen molar-refractivity contribution in [3.05, 3.63) is 35.6 Å². The molecule has 1 fully saturated rings. The number of nitriles is 1. The third-order valence-electron chi connectivity index (χ3n) is 3.93. The van der Waals surface area contributed by atoms with Crippen LogP contribution in [0, 0.1) is 17.1 Å². The van der Waals surface area contributed by atoms with E-state index in [-0.39, 0.29) is 11.7 Å². The Morgan fingerprint density at radius 3 is 2.57 bits per heavy atom. The molecule has 1 aliphatic carbocycles. The predicted octanol–water partition coefficient (Wildman–Crippen LogP) is 0.793. The van der Waals surface area contributed by atoms with E-state index in [2.05, 4.69) is 11.4 Å². The third-order valence-corrected chi connectivity index (χ3v) is 3.93. The van der Waals surface area contributed by atoms with Crippen LogP contribution in [-0.4, -0.2) is 25.0 Å². The lowest BCUT2D eigenvalue weighted by atomic mass is 10.00. The van der Waals surface area contributed by atoms with E-state index in [9.17, 15) is 14.4 Å². The topological polar surface area (TPSA) is 57.3 Å². The molecule has 2 rings (SSSR count). The molecule has 0 heterocycles. The van der Waals surface area contributed by atoms with Crippen LogP contribution in [0.2, 0.25) is 0 Å². The number of benzene rings is 1. The lowest BCUT2D eigenvalue weighted by Crippen LogP contribution is -3.09. The standard InChI is InChI=1S/C16H20FN3O/c1-20(10-13-4-6-14(17)7-5-13)11-15(21)19-16(12-18)8-2-3-9-16/h4-7H,2-3,8-11H2,1H3,(H,19,21)/p+1. The van der Waals surface area contributed by atoms with Crippen molar-refractivity contribution in [2.45, 2.75) is 37.8 Å². The SMILES string of the molecule is C[NH+](CC(=O)NC1(C#N)CCCC1)Cc1ccc(F)cc1. The molecular weight excluding hydrogens is 269 g/mol. The van der Waals surface area contributed by atoms with Crippen molar-refractivity contribution in [1.29, 1.82) is 5.26 Å². The summed E-state index contributed by atoms with van der Waals surface area (Å²) in [4.78, 5) is 13.1. The second kappa shape index (κ2) is 6.68. The average molecular weight is 290 g/mol. The Kier molecular flexibility index (Phi) is 4.92. The van der Waals surface area contributed by atoms with Gasteiger partial charge in [-0.2, -0.15) is 5.26 Å². The zero-order valence-corrected chi connectivity index (χ0v) is 12.3. The van der Waals surface area contributed by atoms with Gasteiger partial charge < -0.3 is 10.2 Å². The Labute approximate surface area is 124 Å². The van der Waals surface area contributed by atoms with Crippen LogP contribution < -0.4 is 10.2 Å². The zero-order chi connectivity index (χ0) is 15.3. The Morgan fingerprint density at radius 1 is 1.38 bits per heavy atom. The molecule has 0 bridgehead atoms. The van der Waals surface area contributed by atoms with E-state index in [4.69, 9.17) is 0 Å². The molecule has 1 aromatic carbocycles. The smallest absolute Gasteiger partial charge is 0.276 e. The molecule has 1 unspecified atom stereocenters. The minimum Gasteiger partial charge on any atom is -0.333 e. The van der Waals surface area contributed by atoms with Gasteiger partial charge in [0.05, 0.1) is 13.1 Å². The molecule has 21 heavy (non-hydrogen) atoms. The number of carbonyl (C=O) groups excluding carboxylic acids is 1. The first kappa shape index (κ1) is 15.5. The summed E-state index contributed by atoms with van der Waals surface area (Å²) in [5, 5.41) is 12.1. The summed E-state index contributed by atoms with van der Waals surface area (Å²) in [7, 11) is 1.91. The maximum absolute atomic E-state index is 12.8. The number of carbonyl (C=O) groups is 1. The predicted molar refractivity (Wildman–Crippen MR) is 76.8 cm³/mol. The van der Waals surface area contributed by atoms with Gasteiger partial charge >= 0.3 is 0 Å².